The van der Waals surface area contributed by atoms with Crippen molar-refractivity contribution in [2.75, 3.05) is 6.54 Å². The molecule has 0 bridgehead atoms. The van der Waals surface area contributed by atoms with E-state index in [-0.39, 0.29) is 11.3 Å². The minimum Gasteiger partial charge on any atom is -0.507 e. The van der Waals surface area contributed by atoms with Crippen molar-refractivity contribution in [3.8, 4) is 0 Å². The molecule has 28 heavy (non-hydrogen) atoms. The fraction of sp³-hybridized carbons (Fsp3) is 0.348. The summed E-state index contributed by atoms with van der Waals surface area (Å²) in [7, 11) is 0. The number of aliphatic hydroxyl groups is 1. The van der Waals surface area contributed by atoms with E-state index in [1.165, 1.54) is 0 Å². The molecule has 1 N–H and O–H groups in total. The van der Waals surface area contributed by atoms with Gasteiger partial charge in [-0.3, -0.25) is 14.6 Å². The monoisotopic (exact) mass is 378 g/mol. The lowest BCUT2D eigenvalue weighted by atomic mass is 9.93. The van der Waals surface area contributed by atoms with Crippen LogP contribution >= 0.6 is 0 Å². The van der Waals surface area contributed by atoms with Crippen LogP contribution in [0.25, 0.3) is 5.76 Å². The topological polar surface area (TPSA) is 70.5 Å². The Kier molecular flexibility index (Phi) is 5.93. The molecule has 1 saturated heterocycles. The fourth-order valence-corrected chi connectivity index (χ4v) is 3.67. The molecule has 1 atom stereocenters. The minimum atomic E-state index is -0.628. The highest BCUT2D eigenvalue weighted by atomic mass is 16.3. The minimum absolute atomic E-state index is 0.112. The van der Waals surface area contributed by atoms with Crippen LogP contribution < -0.4 is 0 Å². The van der Waals surface area contributed by atoms with Crippen LogP contribution in [0, 0.1) is 13.8 Å². The number of likely N-dealkylation sites (tertiary alicyclic amines) is 1. The van der Waals surface area contributed by atoms with Crippen LogP contribution in [0.5, 0.6) is 0 Å². The normalized spacial score (nSPS) is 18.7. The van der Waals surface area contributed by atoms with Crippen LogP contribution in [-0.4, -0.2) is 33.2 Å². The number of hydrogen-bond acceptors (Lipinski definition) is 4. The number of carbonyl (C=O) groups excluding carboxylic acids is 2. The Labute approximate surface area is 165 Å². The van der Waals surface area contributed by atoms with Crippen LogP contribution in [0.4, 0.5) is 0 Å². The molecule has 1 aliphatic rings. The average molecular weight is 378 g/mol. The number of pyridine rings is 1. The van der Waals surface area contributed by atoms with Gasteiger partial charge in [0.25, 0.3) is 11.7 Å². The second-order valence-electron chi connectivity index (χ2n) is 7.30. The van der Waals surface area contributed by atoms with Crippen molar-refractivity contribution < 1.29 is 14.7 Å². The first-order valence-corrected chi connectivity index (χ1v) is 9.71. The third-order valence-electron chi connectivity index (χ3n) is 5.21. The van der Waals surface area contributed by atoms with Gasteiger partial charge in [0, 0.05) is 24.5 Å². The van der Waals surface area contributed by atoms with Crippen LogP contribution in [0.15, 0.2) is 48.3 Å². The van der Waals surface area contributed by atoms with Gasteiger partial charge in [-0.05, 0) is 49.6 Å². The van der Waals surface area contributed by atoms with Gasteiger partial charge >= 0.3 is 0 Å². The first kappa shape index (κ1) is 19.8. The number of aryl methyl sites for hydroxylation is 2. The van der Waals surface area contributed by atoms with Gasteiger partial charge in [-0.25, -0.2) is 0 Å². The van der Waals surface area contributed by atoms with Gasteiger partial charge in [0.1, 0.15) is 5.76 Å². The van der Waals surface area contributed by atoms with Gasteiger partial charge in [0.05, 0.1) is 11.6 Å². The highest BCUT2D eigenvalue weighted by molar-refractivity contribution is 6.46. The smallest absolute Gasteiger partial charge is 0.295 e. The average Bonchev–Trinajstić information content (AvgIpc) is 2.95. The lowest BCUT2D eigenvalue weighted by molar-refractivity contribution is -0.139. The lowest BCUT2D eigenvalue weighted by Crippen LogP contribution is -2.30. The second kappa shape index (κ2) is 8.38. The van der Waals surface area contributed by atoms with E-state index in [2.05, 4.69) is 11.9 Å². The number of aromatic nitrogens is 1. The van der Waals surface area contributed by atoms with E-state index in [0.717, 1.165) is 36.0 Å². The number of benzene rings is 1. The molecule has 0 radical (unpaired) electrons. The number of carbonyl (C=O) groups is 2. The zero-order chi connectivity index (χ0) is 20.3. The molecule has 0 aliphatic carbocycles. The lowest BCUT2D eigenvalue weighted by Gasteiger charge is -2.25. The summed E-state index contributed by atoms with van der Waals surface area (Å²) in [6, 6.07) is 8.69. The standard InChI is InChI=1S/C23H26N2O3/c1-4-5-6-13-25-20(17-9-11-24-12-10-17)19(22(27)23(25)28)21(26)18-14-15(2)7-8-16(18)3/h7-12,14,20,26H,4-6,13H2,1-3H3/b21-19+. The van der Waals surface area contributed by atoms with Gasteiger partial charge < -0.3 is 10.0 Å². The highest BCUT2D eigenvalue weighted by Crippen LogP contribution is 2.39. The number of aliphatic hydroxyl groups excluding tert-OH is 1. The molecule has 5 nitrogen and oxygen atoms in total. The van der Waals surface area contributed by atoms with Gasteiger partial charge in [-0.15, -0.1) is 0 Å². The molecule has 1 fully saturated rings. The van der Waals surface area contributed by atoms with Gasteiger partial charge in [-0.2, -0.15) is 0 Å². The summed E-state index contributed by atoms with van der Waals surface area (Å²) in [4.78, 5) is 31.3. The molecular formula is C23H26N2O3. The zero-order valence-electron chi connectivity index (χ0n) is 16.6. The Morgan fingerprint density at radius 3 is 2.50 bits per heavy atom. The van der Waals surface area contributed by atoms with Gasteiger partial charge in [-0.1, -0.05) is 37.5 Å². The van der Waals surface area contributed by atoms with E-state index in [1.54, 1.807) is 29.4 Å². The Balaban J connectivity index is 2.15. The molecule has 5 heteroatoms. The summed E-state index contributed by atoms with van der Waals surface area (Å²) in [6.45, 7) is 6.39. The van der Waals surface area contributed by atoms with Gasteiger partial charge in [0.2, 0.25) is 0 Å². The van der Waals surface area contributed by atoms with Crippen molar-refractivity contribution in [2.45, 2.75) is 46.1 Å². The van der Waals surface area contributed by atoms with E-state index in [0.29, 0.717) is 12.1 Å². The number of hydrogen-bond donors (Lipinski definition) is 1. The van der Waals surface area contributed by atoms with Crippen LogP contribution in [0.2, 0.25) is 0 Å². The maximum Gasteiger partial charge on any atom is 0.295 e. The van der Waals surface area contributed by atoms with Crippen molar-refractivity contribution in [1.29, 1.82) is 0 Å². The van der Waals surface area contributed by atoms with E-state index in [4.69, 9.17) is 0 Å². The second-order valence-corrected chi connectivity index (χ2v) is 7.30. The van der Waals surface area contributed by atoms with Crippen LogP contribution in [0.3, 0.4) is 0 Å². The molecular weight excluding hydrogens is 352 g/mol. The van der Waals surface area contributed by atoms with Crippen molar-refractivity contribution in [3.63, 3.8) is 0 Å². The number of ketones is 1. The van der Waals surface area contributed by atoms with Crippen molar-refractivity contribution in [3.05, 3.63) is 70.6 Å². The summed E-state index contributed by atoms with van der Waals surface area (Å²) in [5.41, 5.74) is 3.35. The largest absolute Gasteiger partial charge is 0.507 e. The highest BCUT2D eigenvalue weighted by Gasteiger charge is 2.45. The predicted molar refractivity (Wildman–Crippen MR) is 109 cm³/mol. The molecule has 2 aromatic rings. The third-order valence-corrected chi connectivity index (χ3v) is 5.21. The summed E-state index contributed by atoms with van der Waals surface area (Å²) >= 11 is 0. The molecule has 1 aromatic heterocycles. The summed E-state index contributed by atoms with van der Waals surface area (Å²) in [5, 5.41) is 11.1. The van der Waals surface area contributed by atoms with E-state index in [1.807, 2.05) is 32.0 Å². The number of rotatable bonds is 6. The van der Waals surface area contributed by atoms with E-state index in [9.17, 15) is 14.7 Å². The molecule has 0 spiro atoms. The molecule has 3 rings (SSSR count). The fourth-order valence-electron chi connectivity index (χ4n) is 3.67. The van der Waals surface area contributed by atoms with E-state index < -0.39 is 17.7 Å². The molecule has 2 heterocycles. The SMILES string of the molecule is CCCCCN1C(=O)C(=O)/C(=C(/O)c2cc(C)ccc2C)C1c1ccncc1. The summed E-state index contributed by atoms with van der Waals surface area (Å²) in [6.07, 6.45) is 6.09. The molecule has 1 unspecified atom stereocenters. The van der Waals surface area contributed by atoms with Crippen LogP contribution in [-0.2, 0) is 9.59 Å². The van der Waals surface area contributed by atoms with Crippen LogP contribution in [0.1, 0.15) is 54.5 Å². The first-order chi connectivity index (χ1) is 13.5. The van der Waals surface area contributed by atoms with Crippen molar-refractivity contribution >= 4 is 17.4 Å². The third kappa shape index (κ3) is 3.70. The summed E-state index contributed by atoms with van der Waals surface area (Å²) in [5.74, 6) is -1.29. The summed E-state index contributed by atoms with van der Waals surface area (Å²) < 4.78 is 0. The maximum absolute atomic E-state index is 12.9. The first-order valence-electron chi connectivity index (χ1n) is 9.71. The zero-order valence-corrected chi connectivity index (χ0v) is 16.6. The quantitative estimate of drug-likeness (QED) is 0.352. The number of unbranched alkanes of at least 4 members (excludes halogenated alkanes) is 2. The molecule has 1 amide bonds. The molecule has 1 aliphatic heterocycles. The van der Waals surface area contributed by atoms with Crippen molar-refractivity contribution in [1.82, 2.24) is 9.88 Å². The number of Topliss-reactive ketones (excluding diaryl/α,β-unsaturated/α-hetero) is 1. The molecule has 0 saturated carbocycles. The molecule has 1 aromatic carbocycles. The Morgan fingerprint density at radius 1 is 1.11 bits per heavy atom. The maximum atomic E-state index is 12.9. The van der Waals surface area contributed by atoms with Gasteiger partial charge in [0.15, 0.2) is 0 Å². The number of nitrogens with zero attached hydrogens (tertiary/aromatic N) is 2. The van der Waals surface area contributed by atoms with E-state index >= 15 is 0 Å². The molecule has 146 valence electrons. The Morgan fingerprint density at radius 2 is 1.82 bits per heavy atom. The van der Waals surface area contributed by atoms with Crippen molar-refractivity contribution in [2.24, 2.45) is 0 Å². The Hall–Kier alpha value is -2.95. The Bertz CT molecular complexity index is 919. The number of amides is 1. The predicted octanol–water partition coefficient (Wildman–Crippen LogP) is 4.31.